The summed E-state index contributed by atoms with van der Waals surface area (Å²) >= 11 is 3.51. The first-order chi connectivity index (χ1) is 21.4. The number of benzene rings is 4. The van der Waals surface area contributed by atoms with Crippen LogP contribution in [0.25, 0.3) is 33.2 Å². The highest BCUT2D eigenvalue weighted by molar-refractivity contribution is 9.10. The molecule has 3 heterocycles. The molecule has 0 saturated carbocycles. The number of rotatable bonds is 6. The summed E-state index contributed by atoms with van der Waals surface area (Å²) in [6.07, 6.45) is 1.80. The van der Waals surface area contributed by atoms with Crippen LogP contribution in [0.3, 0.4) is 0 Å². The molecule has 7 aromatic rings. The van der Waals surface area contributed by atoms with Crippen molar-refractivity contribution in [3.63, 3.8) is 0 Å². The molecule has 0 bridgehead atoms. The van der Waals surface area contributed by atoms with Crippen LogP contribution in [0, 0.1) is 20.8 Å². The molecule has 0 aliphatic heterocycles. The van der Waals surface area contributed by atoms with Gasteiger partial charge in [0, 0.05) is 22.9 Å². The smallest absolute Gasteiger partial charge is 0.215 e. The van der Waals surface area contributed by atoms with Gasteiger partial charge in [0.1, 0.15) is 34.2 Å². The summed E-state index contributed by atoms with van der Waals surface area (Å²) in [5, 5.41) is 0. The largest absolute Gasteiger partial charge is 0.481 e. The number of halogens is 1. The van der Waals surface area contributed by atoms with Gasteiger partial charge in [-0.05, 0) is 91.3 Å². The number of hydrogen-bond donors (Lipinski definition) is 2. The van der Waals surface area contributed by atoms with E-state index in [9.17, 15) is 0 Å². The zero-order valence-corrected chi connectivity index (χ0v) is 26.3. The highest BCUT2D eigenvalue weighted by atomic mass is 79.9. The van der Waals surface area contributed by atoms with E-state index in [4.69, 9.17) is 14.2 Å². The van der Waals surface area contributed by atoms with Crippen LogP contribution < -0.4 is 14.2 Å². The van der Waals surface area contributed by atoms with Gasteiger partial charge >= 0.3 is 0 Å². The Morgan fingerprint density at radius 2 is 1.20 bits per heavy atom. The molecule has 220 valence electrons. The standard InChI is InChI=1S/C21H19N3O2.C14H11BrN2O/c1-13-11-15(12-22-21(13)25-3)17-9-10-18-19(24-14(2)23-18)20(17)26-16-7-5-4-6-8-16;1-9-16-12-8-7-11(15)14(13(12)17-9)18-10-5-3-2-4-6-10/h4-12H,1-3H3,(H,23,24);2-8H,1H3,(H,16,17). The average molecular weight is 649 g/mol. The van der Waals surface area contributed by atoms with Crippen molar-refractivity contribution in [1.29, 1.82) is 0 Å². The minimum Gasteiger partial charge on any atom is -0.481 e. The second-order valence-electron chi connectivity index (χ2n) is 10.1. The van der Waals surface area contributed by atoms with Gasteiger partial charge in [-0.2, -0.15) is 0 Å². The molecule has 0 fully saturated rings. The Balaban J connectivity index is 0.000000167. The third-order valence-corrected chi connectivity index (χ3v) is 7.49. The Kier molecular flexibility index (Phi) is 8.29. The lowest BCUT2D eigenvalue weighted by Crippen LogP contribution is -1.94. The maximum atomic E-state index is 6.25. The fourth-order valence-electron chi connectivity index (χ4n) is 4.89. The van der Waals surface area contributed by atoms with Crippen LogP contribution in [0.15, 0.2) is 102 Å². The number of para-hydroxylation sites is 2. The fourth-order valence-corrected chi connectivity index (χ4v) is 5.29. The number of nitrogens with one attached hydrogen (secondary N) is 2. The minimum absolute atomic E-state index is 0.621. The van der Waals surface area contributed by atoms with E-state index in [1.807, 2.05) is 112 Å². The first-order valence-corrected chi connectivity index (χ1v) is 14.8. The van der Waals surface area contributed by atoms with E-state index in [1.54, 1.807) is 13.3 Å². The molecule has 7 rings (SSSR count). The molecule has 0 aliphatic carbocycles. The molecule has 4 aromatic carbocycles. The van der Waals surface area contributed by atoms with Crippen LogP contribution >= 0.6 is 15.9 Å². The van der Waals surface area contributed by atoms with Crippen molar-refractivity contribution in [1.82, 2.24) is 24.9 Å². The van der Waals surface area contributed by atoms with Gasteiger partial charge in [-0.15, -0.1) is 0 Å². The predicted octanol–water partition coefficient (Wildman–Crippen LogP) is 9.47. The SMILES string of the molecule is COc1ncc(-c2ccc3[nH]c(C)nc3c2Oc2ccccc2)cc1C.Cc1nc2c(Oc3ccccc3)c(Br)ccc2[nH]1. The molecule has 8 nitrogen and oxygen atoms in total. The Morgan fingerprint density at radius 1 is 0.659 bits per heavy atom. The number of methoxy groups -OCH3 is 1. The average Bonchev–Trinajstić information content (AvgIpc) is 3.61. The number of fused-ring (bicyclic) bond motifs is 2. The van der Waals surface area contributed by atoms with Crippen molar-refractivity contribution in [2.45, 2.75) is 20.8 Å². The Bertz CT molecular complexity index is 2060. The lowest BCUT2D eigenvalue weighted by molar-refractivity contribution is 0.394. The van der Waals surface area contributed by atoms with E-state index >= 15 is 0 Å². The van der Waals surface area contributed by atoms with Gasteiger partial charge in [-0.3, -0.25) is 0 Å². The van der Waals surface area contributed by atoms with Gasteiger partial charge in [0.15, 0.2) is 11.5 Å². The monoisotopic (exact) mass is 647 g/mol. The molecule has 0 aliphatic rings. The van der Waals surface area contributed by atoms with Gasteiger partial charge in [-0.25, -0.2) is 15.0 Å². The maximum absolute atomic E-state index is 6.25. The van der Waals surface area contributed by atoms with E-state index in [1.165, 1.54) is 0 Å². The van der Waals surface area contributed by atoms with E-state index in [2.05, 4.69) is 40.8 Å². The summed E-state index contributed by atoms with van der Waals surface area (Å²) in [4.78, 5) is 20.0. The fraction of sp³-hybridized carbons (Fsp3) is 0.114. The van der Waals surface area contributed by atoms with Crippen molar-refractivity contribution < 1.29 is 14.2 Å². The quantitative estimate of drug-likeness (QED) is 0.186. The van der Waals surface area contributed by atoms with Crippen molar-refractivity contribution >= 4 is 38.0 Å². The van der Waals surface area contributed by atoms with Crippen LogP contribution in [0.1, 0.15) is 17.2 Å². The van der Waals surface area contributed by atoms with Crippen molar-refractivity contribution in [2.75, 3.05) is 7.11 Å². The lowest BCUT2D eigenvalue weighted by atomic mass is 10.0. The van der Waals surface area contributed by atoms with E-state index in [-0.39, 0.29) is 0 Å². The third kappa shape index (κ3) is 6.14. The molecular weight excluding hydrogens is 618 g/mol. The predicted molar refractivity (Wildman–Crippen MR) is 177 cm³/mol. The molecule has 9 heteroatoms. The number of aromatic amines is 2. The van der Waals surface area contributed by atoms with Gasteiger partial charge in [0.05, 0.1) is 22.6 Å². The second kappa shape index (κ2) is 12.6. The highest BCUT2D eigenvalue weighted by Gasteiger charge is 2.17. The zero-order chi connectivity index (χ0) is 30.6. The highest BCUT2D eigenvalue weighted by Crippen LogP contribution is 2.39. The first kappa shape index (κ1) is 28.9. The van der Waals surface area contributed by atoms with Crippen LogP contribution in [-0.4, -0.2) is 32.0 Å². The van der Waals surface area contributed by atoms with Crippen LogP contribution in [-0.2, 0) is 0 Å². The van der Waals surface area contributed by atoms with Crippen molar-refractivity contribution in [3.8, 4) is 40.0 Å². The molecule has 0 amide bonds. The third-order valence-electron chi connectivity index (χ3n) is 6.87. The second-order valence-corrected chi connectivity index (χ2v) is 11.0. The lowest BCUT2D eigenvalue weighted by Gasteiger charge is -2.13. The summed E-state index contributed by atoms with van der Waals surface area (Å²) in [6, 6.07) is 29.4. The van der Waals surface area contributed by atoms with Gasteiger partial charge in [0.25, 0.3) is 0 Å². The zero-order valence-electron chi connectivity index (χ0n) is 24.7. The first-order valence-electron chi connectivity index (χ1n) is 14.0. The van der Waals surface area contributed by atoms with Crippen LogP contribution in [0.2, 0.25) is 0 Å². The number of nitrogens with zero attached hydrogens (tertiary/aromatic N) is 3. The maximum Gasteiger partial charge on any atom is 0.215 e. The molecule has 0 atom stereocenters. The summed E-state index contributed by atoms with van der Waals surface area (Å²) in [6.45, 7) is 5.84. The molecule has 2 N–H and O–H groups in total. The topological polar surface area (TPSA) is 97.9 Å². The molecule has 0 spiro atoms. The number of hydrogen-bond acceptors (Lipinski definition) is 6. The number of H-pyrrole nitrogens is 2. The van der Waals surface area contributed by atoms with Crippen molar-refractivity contribution in [2.24, 2.45) is 0 Å². The van der Waals surface area contributed by atoms with Gasteiger partial charge in [0.2, 0.25) is 5.88 Å². The molecule has 0 radical (unpaired) electrons. The van der Waals surface area contributed by atoms with E-state index in [0.717, 1.165) is 72.1 Å². The number of imidazole rings is 2. The van der Waals surface area contributed by atoms with E-state index < -0.39 is 0 Å². The molecule has 0 unspecified atom stereocenters. The van der Waals surface area contributed by atoms with E-state index in [0.29, 0.717) is 11.6 Å². The molecule has 3 aromatic heterocycles. The molecular formula is C35H30BrN5O3. The molecule has 0 saturated heterocycles. The summed E-state index contributed by atoms with van der Waals surface area (Å²) in [7, 11) is 1.62. The Hall–Kier alpha value is -5.15. The normalized spacial score (nSPS) is 10.8. The summed E-state index contributed by atoms with van der Waals surface area (Å²) in [5.74, 6) is 5.36. The summed E-state index contributed by atoms with van der Waals surface area (Å²) < 4.78 is 18.3. The number of pyridine rings is 1. The number of aryl methyl sites for hydroxylation is 3. The van der Waals surface area contributed by atoms with Gasteiger partial charge in [-0.1, -0.05) is 36.4 Å². The Morgan fingerprint density at radius 3 is 1.77 bits per heavy atom. The van der Waals surface area contributed by atoms with Crippen LogP contribution in [0.4, 0.5) is 0 Å². The van der Waals surface area contributed by atoms with Gasteiger partial charge < -0.3 is 24.2 Å². The van der Waals surface area contributed by atoms with Crippen LogP contribution in [0.5, 0.6) is 28.9 Å². The Labute approximate surface area is 263 Å². The minimum atomic E-state index is 0.621. The number of ether oxygens (including phenoxy) is 3. The van der Waals surface area contributed by atoms with Crippen molar-refractivity contribution in [3.05, 3.63) is 119 Å². The summed E-state index contributed by atoms with van der Waals surface area (Å²) in [5.41, 5.74) is 6.41. The molecule has 44 heavy (non-hydrogen) atoms. The number of aromatic nitrogens is 5.